The van der Waals surface area contributed by atoms with Crippen molar-refractivity contribution in [1.29, 1.82) is 0 Å². The molecule has 1 saturated carbocycles. The highest BCUT2D eigenvalue weighted by Crippen LogP contribution is 2.34. The van der Waals surface area contributed by atoms with Crippen LogP contribution in [0.5, 0.6) is 0 Å². The van der Waals surface area contributed by atoms with Gasteiger partial charge in [-0.25, -0.2) is 0 Å². The first-order valence-corrected chi connectivity index (χ1v) is 6.56. The highest BCUT2D eigenvalue weighted by Gasteiger charge is 2.32. The first kappa shape index (κ1) is 13.1. The van der Waals surface area contributed by atoms with Crippen LogP contribution < -0.4 is 0 Å². The summed E-state index contributed by atoms with van der Waals surface area (Å²) in [6.07, 6.45) is 2.51. The van der Waals surface area contributed by atoms with E-state index >= 15 is 0 Å². The van der Waals surface area contributed by atoms with Gasteiger partial charge in [-0.15, -0.1) is 0 Å². The lowest BCUT2D eigenvalue weighted by Crippen LogP contribution is -2.38. The quantitative estimate of drug-likeness (QED) is 0.773. The minimum atomic E-state index is 0.0744. The first-order valence-electron chi connectivity index (χ1n) is 6.56. The third-order valence-corrected chi connectivity index (χ3v) is 3.65. The molecule has 3 nitrogen and oxygen atoms in total. The number of hydrogen-bond acceptors (Lipinski definition) is 2. The van der Waals surface area contributed by atoms with Crippen molar-refractivity contribution >= 4 is 5.91 Å². The lowest BCUT2D eigenvalue weighted by Gasteiger charge is -2.24. The number of carbonyl (C=O) groups is 1. The van der Waals surface area contributed by atoms with E-state index in [1.165, 1.54) is 12.8 Å². The van der Waals surface area contributed by atoms with E-state index in [2.05, 4.69) is 6.92 Å². The van der Waals surface area contributed by atoms with Crippen LogP contribution in [0.25, 0.3) is 0 Å². The fraction of sp³-hybridized carbons (Fsp3) is 0.533. The zero-order chi connectivity index (χ0) is 13.0. The third kappa shape index (κ3) is 3.57. The van der Waals surface area contributed by atoms with Crippen LogP contribution >= 0.6 is 0 Å². The topological polar surface area (TPSA) is 29.5 Å². The predicted molar refractivity (Wildman–Crippen MR) is 71.1 cm³/mol. The maximum Gasteiger partial charge on any atom is 0.248 e. The molecule has 1 amide bonds. The lowest BCUT2D eigenvalue weighted by atomic mass is 10.2. The Bertz CT molecular complexity index is 387. The normalized spacial score (nSPS) is 16.3. The molecule has 2 rings (SSSR count). The van der Waals surface area contributed by atoms with E-state index in [9.17, 15) is 4.79 Å². The Morgan fingerprint density at radius 2 is 2.06 bits per heavy atom. The second-order valence-electron chi connectivity index (χ2n) is 5.06. The van der Waals surface area contributed by atoms with Crippen molar-refractivity contribution in [3.63, 3.8) is 0 Å². The zero-order valence-corrected chi connectivity index (χ0v) is 11.1. The van der Waals surface area contributed by atoms with E-state index in [0.29, 0.717) is 18.6 Å². The van der Waals surface area contributed by atoms with Gasteiger partial charge in [0.2, 0.25) is 5.91 Å². The number of ether oxygens (including phenoxy) is 1. The first-order chi connectivity index (χ1) is 8.68. The Morgan fingerprint density at radius 3 is 2.67 bits per heavy atom. The number of carbonyl (C=O) groups excluding carboxylic acids is 1. The highest BCUT2D eigenvalue weighted by atomic mass is 16.5. The molecule has 0 aliphatic heterocycles. The monoisotopic (exact) mass is 247 g/mol. The number of nitrogens with zero attached hydrogens (tertiary/aromatic N) is 1. The maximum absolute atomic E-state index is 11.9. The molecule has 0 spiro atoms. The Kier molecular flexibility index (Phi) is 4.37. The van der Waals surface area contributed by atoms with Crippen LogP contribution in [0.4, 0.5) is 0 Å². The summed E-state index contributed by atoms with van der Waals surface area (Å²) in [4.78, 5) is 13.7. The van der Waals surface area contributed by atoms with E-state index < -0.39 is 0 Å². The van der Waals surface area contributed by atoms with Gasteiger partial charge < -0.3 is 9.64 Å². The second kappa shape index (κ2) is 6.01. The third-order valence-electron chi connectivity index (χ3n) is 3.65. The number of rotatable bonds is 6. The zero-order valence-electron chi connectivity index (χ0n) is 11.1. The lowest BCUT2D eigenvalue weighted by molar-refractivity contribution is -0.137. The van der Waals surface area contributed by atoms with Gasteiger partial charge in [0.05, 0.1) is 6.61 Å². The Balaban J connectivity index is 1.71. The molecule has 0 unspecified atom stereocenters. The van der Waals surface area contributed by atoms with Gasteiger partial charge in [-0.05, 0) is 31.2 Å². The van der Waals surface area contributed by atoms with Gasteiger partial charge in [0.15, 0.2) is 0 Å². The minimum absolute atomic E-state index is 0.0744. The molecule has 1 fully saturated rings. The van der Waals surface area contributed by atoms with Gasteiger partial charge in [-0.2, -0.15) is 0 Å². The van der Waals surface area contributed by atoms with Crippen LogP contribution in [0.15, 0.2) is 30.3 Å². The molecule has 0 radical (unpaired) electrons. The van der Waals surface area contributed by atoms with E-state index in [1.54, 1.807) is 0 Å². The molecule has 1 atom stereocenters. The molecule has 1 aromatic rings. The smallest absolute Gasteiger partial charge is 0.248 e. The van der Waals surface area contributed by atoms with Crippen molar-refractivity contribution in [3.8, 4) is 0 Å². The number of amides is 1. The Labute approximate surface area is 109 Å². The van der Waals surface area contributed by atoms with Gasteiger partial charge in [0, 0.05) is 13.1 Å². The van der Waals surface area contributed by atoms with Crippen molar-refractivity contribution in [2.24, 2.45) is 5.92 Å². The molecule has 0 bridgehead atoms. The van der Waals surface area contributed by atoms with Crippen molar-refractivity contribution in [1.82, 2.24) is 4.90 Å². The molecule has 0 heterocycles. The van der Waals surface area contributed by atoms with Crippen LogP contribution in [0, 0.1) is 5.92 Å². The fourth-order valence-electron chi connectivity index (χ4n) is 2.05. The van der Waals surface area contributed by atoms with Gasteiger partial charge in [-0.3, -0.25) is 4.79 Å². The van der Waals surface area contributed by atoms with E-state index in [0.717, 1.165) is 5.56 Å². The van der Waals surface area contributed by atoms with E-state index in [1.807, 2.05) is 42.3 Å². The molecular weight excluding hydrogens is 226 g/mol. The van der Waals surface area contributed by atoms with Crippen LogP contribution in [0.1, 0.15) is 25.3 Å². The summed E-state index contributed by atoms with van der Waals surface area (Å²) in [5.74, 6) is 0.776. The van der Waals surface area contributed by atoms with Crippen LogP contribution in [0.3, 0.4) is 0 Å². The average molecular weight is 247 g/mol. The Hall–Kier alpha value is -1.35. The molecular formula is C15H21NO2. The number of hydrogen-bond donors (Lipinski definition) is 0. The maximum atomic E-state index is 11.9. The van der Waals surface area contributed by atoms with Crippen LogP contribution in [-0.2, 0) is 16.1 Å². The summed E-state index contributed by atoms with van der Waals surface area (Å²) in [5, 5.41) is 0. The minimum Gasteiger partial charge on any atom is -0.367 e. The molecule has 0 saturated heterocycles. The van der Waals surface area contributed by atoms with Gasteiger partial charge >= 0.3 is 0 Å². The molecule has 0 aromatic heterocycles. The van der Waals surface area contributed by atoms with Gasteiger partial charge in [0.25, 0.3) is 0 Å². The SMILES string of the molecule is C[C@@H](C1CC1)N(C)C(=O)COCc1ccccc1. The summed E-state index contributed by atoms with van der Waals surface area (Å²) in [6.45, 7) is 2.79. The van der Waals surface area contributed by atoms with Gasteiger partial charge in [0.1, 0.15) is 6.61 Å². The van der Waals surface area contributed by atoms with E-state index in [4.69, 9.17) is 4.74 Å². The summed E-state index contributed by atoms with van der Waals surface area (Å²) >= 11 is 0. The van der Waals surface area contributed by atoms with Crippen molar-refractivity contribution < 1.29 is 9.53 Å². The molecule has 0 N–H and O–H groups in total. The number of benzene rings is 1. The predicted octanol–water partition coefficient (Wildman–Crippen LogP) is 2.46. The average Bonchev–Trinajstić information content (AvgIpc) is 3.22. The number of likely N-dealkylation sites (N-methyl/N-ethyl adjacent to an activating group) is 1. The van der Waals surface area contributed by atoms with Crippen molar-refractivity contribution in [2.75, 3.05) is 13.7 Å². The summed E-state index contributed by atoms with van der Waals surface area (Å²) in [6, 6.07) is 10.3. The van der Waals surface area contributed by atoms with E-state index in [-0.39, 0.29) is 12.5 Å². The molecule has 3 heteroatoms. The summed E-state index contributed by atoms with van der Waals surface area (Å²) in [7, 11) is 1.87. The molecule has 98 valence electrons. The van der Waals surface area contributed by atoms with Gasteiger partial charge in [-0.1, -0.05) is 30.3 Å². The largest absolute Gasteiger partial charge is 0.367 e. The molecule has 1 aromatic carbocycles. The van der Waals surface area contributed by atoms with Crippen molar-refractivity contribution in [3.05, 3.63) is 35.9 Å². The van der Waals surface area contributed by atoms with Crippen LogP contribution in [-0.4, -0.2) is 30.5 Å². The van der Waals surface area contributed by atoms with Crippen molar-refractivity contribution in [2.45, 2.75) is 32.4 Å². The summed E-state index contributed by atoms with van der Waals surface area (Å²) in [5.41, 5.74) is 1.10. The molecule has 1 aliphatic rings. The second-order valence-corrected chi connectivity index (χ2v) is 5.06. The molecule has 18 heavy (non-hydrogen) atoms. The fourth-order valence-corrected chi connectivity index (χ4v) is 2.05. The highest BCUT2D eigenvalue weighted by molar-refractivity contribution is 5.77. The molecule has 1 aliphatic carbocycles. The Morgan fingerprint density at radius 1 is 1.39 bits per heavy atom. The summed E-state index contributed by atoms with van der Waals surface area (Å²) < 4.78 is 5.46. The standard InChI is InChI=1S/C15H21NO2/c1-12(14-8-9-14)16(2)15(17)11-18-10-13-6-4-3-5-7-13/h3-7,12,14H,8-11H2,1-2H3/t12-/m0/s1. The van der Waals surface area contributed by atoms with Crippen LogP contribution in [0.2, 0.25) is 0 Å².